The summed E-state index contributed by atoms with van der Waals surface area (Å²) in [4.78, 5) is 14.6. The van der Waals surface area contributed by atoms with E-state index >= 15 is 0 Å². The third-order valence-corrected chi connectivity index (χ3v) is 15.1. The molecule has 2 aromatic heterocycles. The van der Waals surface area contributed by atoms with Crippen LogP contribution in [0, 0.1) is 11.6 Å². The highest BCUT2D eigenvalue weighted by Crippen LogP contribution is 2.44. The number of aromatic nitrogens is 4. The van der Waals surface area contributed by atoms with E-state index in [1.165, 1.54) is 62.4 Å². The molecule has 0 radical (unpaired) electrons. The second-order valence-corrected chi connectivity index (χ2v) is 19.8. The first-order valence-corrected chi connectivity index (χ1v) is 23.0. The number of rotatable bonds is 10. The van der Waals surface area contributed by atoms with Gasteiger partial charge in [0.15, 0.2) is 19.7 Å². The average Bonchev–Trinajstić information content (AvgIpc) is 3.79. The minimum atomic E-state index is -4.92. The number of nitrogens with one attached hydrogen (secondary N) is 2. The lowest BCUT2D eigenvalue weighted by atomic mass is 10.0. The molecule has 0 aliphatic heterocycles. The second-order valence-electron chi connectivity index (χ2n) is 12.9. The van der Waals surface area contributed by atoms with E-state index in [-0.39, 0.29) is 66.4 Å². The van der Waals surface area contributed by atoms with Crippen molar-refractivity contribution in [1.82, 2.24) is 19.9 Å². The number of para-hydroxylation sites is 1. The van der Waals surface area contributed by atoms with Crippen LogP contribution in [0.3, 0.4) is 0 Å². The number of hydrogen-bond acceptors (Lipinski definition) is 7. The average molecular weight is 1010 g/mol. The van der Waals surface area contributed by atoms with Crippen molar-refractivity contribution in [2.24, 2.45) is 0 Å². The van der Waals surface area contributed by atoms with E-state index in [0.29, 0.717) is 48.3 Å². The highest BCUT2D eigenvalue weighted by molar-refractivity contribution is 9.10. The van der Waals surface area contributed by atoms with Crippen LogP contribution in [-0.4, -0.2) is 54.6 Å². The Hall–Kier alpha value is -3.97. The van der Waals surface area contributed by atoms with E-state index in [4.69, 9.17) is 46.4 Å². The van der Waals surface area contributed by atoms with Crippen LogP contribution in [0.1, 0.15) is 36.6 Å². The fourth-order valence-corrected chi connectivity index (χ4v) is 9.25. The van der Waals surface area contributed by atoms with Crippen molar-refractivity contribution in [3.8, 4) is 16.9 Å². The molecule has 7 rings (SSSR count). The highest BCUT2D eigenvalue weighted by Gasteiger charge is 2.33. The van der Waals surface area contributed by atoms with Crippen molar-refractivity contribution in [3.63, 3.8) is 0 Å². The minimum absolute atomic E-state index is 0.0157. The predicted octanol–water partition coefficient (Wildman–Crippen LogP) is 12.1. The maximum atomic E-state index is 14.6. The van der Waals surface area contributed by atoms with Crippen LogP contribution < -0.4 is 4.74 Å². The largest absolute Gasteiger partial charge is 0.573 e. The third-order valence-electron chi connectivity index (χ3n) is 9.01. The summed E-state index contributed by atoms with van der Waals surface area (Å²) in [6.07, 6.45) is -4.78. The van der Waals surface area contributed by atoms with Gasteiger partial charge in [0, 0.05) is 24.0 Å². The molecule has 7 aromatic rings. The Labute approximate surface area is 368 Å². The van der Waals surface area contributed by atoms with E-state index in [2.05, 4.69) is 40.6 Å². The molecule has 5 aromatic carbocycles. The van der Waals surface area contributed by atoms with Crippen LogP contribution in [-0.2, 0) is 32.5 Å². The van der Waals surface area contributed by atoms with Gasteiger partial charge in [0.05, 0.1) is 56.9 Å². The number of ether oxygens (including phenoxy) is 1. The monoisotopic (exact) mass is 1010 g/mol. The molecular weight excluding hydrogens is 985 g/mol. The molecule has 0 bridgehead atoms. The van der Waals surface area contributed by atoms with E-state index in [1.807, 2.05) is 0 Å². The molecule has 0 amide bonds. The fourth-order valence-electron chi connectivity index (χ4n) is 5.97. The summed E-state index contributed by atoms with van der Waals surface area (Å²) in [6, 6.07) is 16.1. The molecule has 0 aliphatic rings. The summed E-state index contributed by atoms with van der Waals surface area (Å²) in [5.74, 6) is -1.25. The standard InChI is InChI=1S/C23H16Cl2F4N2O3S.C16H12BrCl2FN2O2S/c1-2-35(32,33)13-8-7-12(16(26)10-13)9-19-30-17-11-15(24)20(21(25)22(17)31-19)14-5-3-4-6-18(14)34-23(27,28)29;1-2-25(23,24)9-4-3-8(11(20)6-9)5-13-21-12-7-10(18)14(17)15(19)16(12)22-13/h3-8,10-11H,2,9H2,1H3,(H,30,31);3-4,6-7H,2,5H2,1H3,(H,21,22). The lowest BCUT2D eigenvalue weighted by molar-refractivity contribution is -0.274. The molecule has 0 aliphatic carbocycles. The number of sulfone groups is 2. The molecule has 0 spiro atoms. The topological polar surface area (TPSA) is 135 Å². The first-order valence-electron chi connectivity index (χ1n) is 17.4. The number of H-pyrrole nitrogens is 2. The van der Waals surface area contributed by atoms with Crippen molar-refractivity contribution in [1.29, 1.82) is 0 Å². The summed E-state index contributed by atoms with van der Waals surface area (Å²) in [7, 11) is -7.01. The molecule has 0 unspecified atom stereocenters. The van der Waals surface area contributed by atoms with Crippen molar-refractivity contribution in [2.45, 2.75) is 42.8 Å². The Balaban J connectivity index is 0.000000213. The Kier molecular flexibility index (Phi) is 13.5. The number of imidazole rings is 2. The van der Waals surface area contributed by atoms with Crippen molar-refractivity contribution in [2.75, 3.05) is 11.5 Å². The number of aromatic amines is 2. The quantitative estimate of drug-likeness (QED) is 0.103. The van der Waals surface area contributed by atoms with Crippen LogP contribution in [0.2, 0.25) is 20.1 Å². The maximum absolute atomic E-state index is 14.6. The van der Waals surface area contributed by atoms with Gasteiger partial charge < -0.3 is 14.7 Å². The highest BCUT2D eigenvalue weighted by atomic mass is 79.9. The Morgan fingerprint density at radius 3 is 1.62 bits per heavy atom. The van der Waals surface area contributed by atoms with Gasteiger partial charge in [-0.25, -0.2) is 35.6 Å². The van der Waals surface area contributed by atoms with E-state index in [1.54, 1.807) is 6.07 Å². The zero-order chi connectivity index (χ0) is 43.9. The molecule has 0 atom stereocenters. The van der Waals surface area contributed by atoms with Crippen LogP contribution >= 0.6 is 62.3 Å². The molecule has 2 N–H and O–H groups in total. The van der Waals surface area contributed by atoms with E-state index < -0.39 is 43.4 Å². The van der Waals surface area contributed by atoms with Gasteiger partial charge >= 0.3 is 6.36 Å². The lowest BCUT2D eigenvalue weighted by Crippen LogP contribution is -2.17. The molecular formula is C39H28BrCl4F5N4O5S2. The number of fused-ring (bicyclic) bond motifs is 2. The van der Waals surface area contributed by atoms with Gasteiger partial charge in [-0.15, -0.1) is 13.2 Å². The fraction of sp³-hybridized carbons (Fsp3) is 0.179. The van der Waals surface area contributed by atoms with Gasteiger partial charge in [0.25, 0.3) is 0 Å². The SMILES string of the molecule is CCS(=O)(=O)c1ccc(Cc2nc3c(Cl)c(-c4ccccc4OC(F)(F)F)c(Cl)cc3[nH]2)c(F)c1.CCS(=O)(=O)c1ccc(Cc2nc3c(Cl)c(Br)c(Cl)cc3[nH]2)c(F)c1. The van der Waals surface area contributed by atoms with Crippen LogP contribution in [0.15, 0.2) is 87.1 Å². The van der Waals surface area contributed by atoms with Crippen molar-refractivity contribution < 1.29 is 43.5 Å². The zero-order valence-corrected chi connectivity index (χ0v) is 37.0. The Morgan fingerprint density at radius 2 is 1.15 bits per heavy atom. The first-order chi connectivity index (χ1) is 28.1. The molecule has 21 heteroatoms. The van der Waals surface area contributed by atoms with E-state index in [0.717, 1.165) is 18.2 Å². The van der Waals surface area contributed by atoms with Crippen molar-refractivity contribution in [3.05, 3.63) is 132 Å². The van der Waals surface area contributed by atoms with E-state index in [9.17, 15) is 38.8 Å². The normalized spacial score (nSPS) is 12.2. The Morgan fingerprint density at radius 1 is 0.683 bits per heavy atom. The van der Waals surface area contributed by atoms with Gasteiger partial charge in [-0.2, -0.15) is 0 Å². The summed E-state index contributed by atoms with van der Waals surface area (Å²) < 4.78 is 120. The number of nitrogens with zero attached hydrogens (tertiary/aromatic N) is 2. The Bertz CT molecular complexity index is 3020. The molecule has 0 saturated heterocycles. The molecule has 60 heavy (non-hydrogen) atoms. The summed E-state index contributed by atoms with van der Waals surface area (Å²) in [6.45, 7) is 2.98. The van der Waals surface area contributed by atoms with Crippen molar-refractivity contribution >= 4 is 104 Å². The predicted molar refractivity (Wildman–Crippen MR) is 226 cm³/mol. The first kappa shape index (κ1) is 45.6. The molecule has 9 nitrogen and oxygen atoms in total. The molecule has 0 saturated carbocycles. The summed E-state index contributed by atoms with van der Waals surface area (Å²) in [5.41, 5.74) is 2.40. The number of halogens is 10. The molecule has 2 heterocycles. The van der Waals surface area contributed by atoms with Gasteiger partial charge in [0.1, 0.15) is 40.1 Å². The smallest absolute Gasteiger partial charge is 0.405 e. The van der Waals surface area contributed by atoms with Crippen LogP contribution in [0.5, 0.6) is 5.75 Å². The minimum Gasteiger partial charge on any atom is -0.405 e. The molecule has 0 fully saturated rings. The number of benzene rings is 5. The zero-order valence-electron chi connectivity index (χ0n) is 30.8. The summed E-state index contributed by atoms with van der Waals surface area (Å²) in [5, 5.41) is 0.845. The number of hydrogen-bond donors (Lipinski definition) is 2. The van der Waals surface area contributed by atoms with Gasteiger partial charge in [-0.05, 0) is 69.5 Å². The number of alkyl halides is 3. The third kappa shape index (κ3) is 9.88. The van der Waals surface area contributed by atoms with Crippen LogP contribution in [0.25, 0.3) is 33.2 Å². The molecule has 316 valence electrons. The van der Waals surface area contributed by atoms with Gasteiger partial charge in [-0.1, -0.05) is 90.6 Å². The maximum Gasteiger partial charge on any atom is 0.573 e. The summed E-state index contributed by atoms with van der Waals surface area (Å²) >= 11 is 28.4. The van der Waals surface area contributed by atoms with Gasteiger partial charge in [-0.3, -0.25) is 0 Å². The second kappa shape index (κ2) is 17.8. The lowest BCUT2D eigenvalue weighted by Gasteiger charge is -2.15. The van der Waals surface area contributed by atoms with Crippen LogP contribution in [0.4, 0.5) is 22.0 Å². The van der Waals surface area contributed by atoms with Gasteiger partial charge in [0.2, 0.25) is 0 Å².